The average Bonchev–Trinajstić information content (AvgIpc) is 2.61. The van der Waals surface area contributed by atoms with Crippen LogP contribution in [0.4, 0.5) is 0 Å². The summed E-state index contributed by atoms with van der Waals surface area (Å²) in [6.07, 6.45) is 2.60. The first kappa shape index (κ1) is 24.0. The van der Waals surface area contributed by atoms with Gasteiger partial charge in [-0.2, -0.15) is 8.42 Å². The Kier molecular flexibility index (Phi) is 12.5. The molecule has 1 rings (SSSR count). The highest BCUT2D eigenvalue weighted by molar-refractivity contribution is 7.85. The maximum absolute atomic E-state index is 11.4. The number of hydrogen-bond donors (Lipinski definition) is 1. The largest absolute Gasteiger partial charge is 0.379 e. The molecule has 1 aromatic rings. The lowest BCUT2D eigenvalue weighted by Gasteiger charge is -2.10. The molecule has 8 heteroatoms. The maximum atomic E-state index is 11.4. The molecular weight excluding hydrogens is 372 g/mol. The van der Waals surface area contributed by atoms with E-state index in [2.05, 4.69) is 6.92 Å². The van der Waals surface area contributed by atoms with Gasteiger partial charge in [-0.05, 0) is 31.4 Å². The number of hydrogen-bond acceptors (Lipinski definition) is 6. The van der Waals surface area contributed by atoms with E-state index < -0.39 is 10.1 Å². The zero-order chi connectivity index (χ0) is 20.0. The topological polar surface area (TPSA) is 91.3 Å². The summed E-state index contributed by atoms with van der Waals surface area (Å²) in [6, 6.07) is 4.81. The first-order valence-electron chi connectivity index (χ1n) is 9.33. The molecule has 0 atom stereocenters. The summed E-state index contributed by atoms with van der Waals surface area (Å²) in [7, 11) is -4.22. The predicted octanol–water partition coefficient (Wildman–Crippen LogP) is 2.65. The van der Waals surface area contributed by atoms with Gasteiger partial charge in [0.1, 0.15) is 0 Å². The van der Waals surface area contributed by atoms with Gasteiger partial charge in [0.05, 0.1) is 51.1 Å². The van der Waals surface area contributed by atoms with Crippen molar-refractivity contribution in [3.63, 3.8) is 0 Å². The summed E-state index contributed by atoms with van der Waals surface area (Å²) in [4.78, 5) is -0.0660. The Hall–Kier alpha value is -1.03. The van der Waals surface area contributed by atoms with E-state index >= 15 is 0 Å². The Balaban J connectivity index is 2.05. The molecule has 0 radical (unpaired) electrons. The molecule has 7 nitrogen and oxygen atoms in total. The summed E-state index contributed by atoms with van der Waals surface area (Å²) >= 11 is 0. The minimum Gasteiger partial charge on any atom is -0.379 e. The lowest BCUT2D eigenvalue weighted by molar-refractivity contribution is -0.00176. The second kappa shape index (κ2) is 14.0. The van der Waals surface area contributed by atoms with Crippen molar-refractivity contribution in [3.8, 4) is 0 Å². The highest BCUT2D eigenvalue weighted by Gasteiger charge is 2.15. The van der Waals surface area contributed by atoms with E-state index in [1.807, 2.05) is 6.92 Å². The zero-order valence-electron chi connectivity index (χ0n) is 16.3. The molecule has 0 saturated carbocycles. The summed E-state index contributed by atoms with van der Waals surface area (Å²) in [5, 5.41) is 0. The van der Waals surface area contributed by atoms with E-state index in [1.54, 1.807) is 12.1 Å². The van der Waals surface area contributed by atoms with Crippen molar-refractivity contribution in [1.82, 2.24) is 0 Å². The third kappa shape index (κ3) is 11.4. The molecule has 0 aliphatic carbocycles. The fourth-order valence-electron chi connectivity index (χ4n) is 2.35. The predicted molar refractivity (Wildman–Crippen MR) is 103 cm³/mol. The Morgan fingerprint density at radius 2 is 1.37 bits per heavy atom. The molecule has 0 bridgehead atoms. The third-order valence-electron chi connectivity index (χ3n) is 3.77. The van der Waals surface area contributed by atoms with Crippen molar-refractivity contribution < 1.29 is 31.9 Å². The van der Waals surface area contributed by atoms with E-state index in [9.17, 15) is 13.0 Å². The van der Waals surface area contributed by atoms with Crippen LogP contribution in [-0.2, 0) is 35.5 Å². The molecule has 27 heavy (non-hydrogen) atoms. The van der Waals surface area contributed by atoms with Crippen molar-refractivity contribution in [2.45, 2.75) is 38.0 Å². The molecule has 1 aromatic carbocycles. The number of rotatable bonds is 16. The zero-order valence-corrected chi connectivity index (χ0v) is 17.1. The van der Waals surface area contributed by atoms with Crippen LogP contribution in [0.2, 0.25) is 0 Å². The second-order valence-corrected chi connectivity index (χ2v) is 7.53. The van der Waals surface area contributed by atoms with Crippen LogP contribution < -0.4 is 0 Å². The molecule has 0 saturated heterocycles. The van der Waals surface area contributed by atoms with Gasteiger partial charge in [-0.15, -0.1) is 0 Å². The van der Waals surface area contributed by atoms with Crippen molar-refractivity contribution >= 4 is 10.1 Å². The lowest BCUT2D eigenvalue weighted by Crippen LogP contribution is -2.13. The fourth-order valence-corrected chi connectivity index (χ4v) is 3.08. The summed E-state index contributed by atoms with van der Waals surface area (Å²) in [5.41, 5.74) is 1.48. The molecule has 0 aliphatic heterocycles. The van der Waals surface area contributed by atoms with E-state index in [4.69, 9.17) is 18.9 Å². The number of ether oxygens (including phenoxy) is 4. The lowest BCUT2D eigenvalue weighted by atomic mass is 10.1. The molecule has 1 N–H and O–H groups in total. The van der Waals surface area contributed by atoms with Crippen LogP contribution in [0, 0.1) is 6.92 Å². The quantitative estimate of drug-likeness (QED) is 0.334. The standard InChI is InChI=1S/C19H32O7S/c1-3-4-8-23-10-12-25-14-15-26-13-11-24-9-7-18-16-17(2)5-6-19(18)27(20,21)22/h5-6,16H,3-4,7-15H2,1-2H3,(H,20,21,22). The molecule has 0 amide bonds. The smallest absolute Gasteiger partial charge is 0.294 e. The van der Waals surface area contributed by atoms with Crippen LogP contribution in [0.3, 0.4) is 0 Å². The van der Waals surface area contributed by atoms with Crippen molar-refractivity contribution in [2.75, 3.05) is 52.9 Å². The van der Waals surface area contributed by atoms with Gasteiger partial charge in [0.15, 0.2) is 0 Å². The van der Waals surface area contributed by atoms with Gasteiger partial charge >= 0.3 is 0 Å². The Bertz CT molecular complexity index is 616. The third-order valence-corrected chi connectivity index (χ3v) is 4.72. The van der Waals surface area contributed by atoms with Crippen molar-refractivity contribution in [3.05, 3.63) is 29.3 Å². The average molecular weight is 405 g/mol. The van der Waals surface area contributed by atoms with Crippen molar-refractivity contribution in [2.24, 2.45) is 0 Å². The maximum Gasteiger partial charge on any atom is 0.294 e. The van der Waals surface area contributed by atoms with Crippen LogP contribution in [0.15, 0.2) is 23.1 Å². The fraction of sp³-hybridized carbons (Fsp3) is 0.684. The van der Waals surface area contributed by atoms with E-state index in [0.717, 1.165) is 25.0 Å². The van der Waals surface area contributed by atoms with Crippen LogP contribution in [0.1, 0.15) is 30.9 Å². The molecule has 0 unspecified atom stereocenters. The molecule has 0 fully saturated rings. The highest BCUT2D eigenvalue weighted by Crippen LogP contribution is 2.17. The van der Waals surface area contributed by atoms with Gasteiger partial charge in [0, 0.05) is 6.61 Å². The number of aryl methyl sites for hydroxylation is 1. The van der Waals surface area contributed by atoms with Gasteiger partial charge in [0.2, 0.25) is 0 Å². The molecule has 0 aromatic heterocycles. The highest BCUT2D eigenvalue weighted by atomic mass is 32.2. The number of benzene rings is 1. The van der Waals surface area contributed by atoms with Gasteiger partial charge in [0.25, 0.3) is 10.1 Å². The van der Waals surface area contributed by atoms with Crippen LogP contribution in [0.5, 0.6) is 0 Å². The van der Waals surface area contributed by atoms with Gasteiger partial charge in [-0.1, -0.05) is 31.0 Å². The summed E-state index contributed by atoms with van der Waals surface area (Å²) < 4.78 is 53.7. The Morgan fingerprint density at radius 1 is 0.852 bits per heavy atom. The van der Waals surface area contributed by atoms with Gasteiger partial charge in [-0.3, -0.25) is 4.55 Å². The molecule has 0 aliphatic rings. The summed E-state index contributed by atoms with van der Waals surface area (Å²) in [6.45, 7) is 8.14. The number of unbranched alkanes of at least 4 members (excludes halogenated alkanes) is 1. The molecule has 0 heterocycles. The van der Waals surface area contributed by atoms with Gasteiger partial charge in [-0.25, -0.2) is 0 Å². The molecule has 0 spiro atoms. The normalized spacial score (nSPS) is 11.8. The monoisotopic (exact) mass is 404 g/mol. The first-order chi connectivity index (χ1) is 12.9. The Labute approximate surface area is 162 Å². The minimum atomic E-state index is -4.22. The van der Waals surface area contributed by atoms with Crippen LogP contribution >= 0.6 is 0 Å². The summed E-state index contributed by atoms with van der Waals surface area (Å²) in [5.74, 6) is 0. The first-order valence-corrected chi connectivity index (χ1v) is 10.8. The Morgan fingerprint density at radius 3 is 1.89 bits per heavy atom. The van der Waals surface area contributed by atoms with E-state index in [1.165, 1.54) is 6.07 Å². The molecular formula is C19H32O7S. The SMILES string of the molecule is CCCCOCCOCCOCCOCCc1cc(C)ccc1S(=O)(=O)O. The minimum absolute atomic E-state index is 0.0660. The van der Waals surface area contributed by atoms with E-state index in [-0.39, 0.29) is 4.90 Å². The van der Waals surface area contributed by atoms with E-state index in [0.29, 0.717) is 58.2 Å². The van der Waals surface area contributed by atoms with Crippen LogP contribution in [0.25, 0.3) is 0 Å². The van der Waals surface area contributed by atoms with Crippen molar-refractivity contribution in [1.29, 1.82) is 0 Å². The van der Waals surface area contributed by atoms with Crippen LogP contribution in [-0.4, -0.2) is 65.8 Å². The molecule has 156 valence electrons. The van der Waals surface area contributed by atoms with Gasteiger partial charge < -0.3 is 18.9 Å². The second-order valence-electron chi connectivity index (χ2n) is 6.14.